The lowest BCUT2D eigenvalue weighted by Gasteiger charge is -1.79. The Bertz CT molecular complexity index is 154. The normalized spacial score (nSPS) is 11.9. The summed E-state index contributed by atoms with van der Waals surface area (Å²) in [6.45, 7) is 5.25. The molecule has 0 aliphatic carbocycles. The molecule has 0 saturated heterocycles. The van der Waals surface area contributed by atoms with Crippen molar-refractivity contribution in [3.05, 3.63) is 36.6 Å². The van der Waals surface area contributed by atoms with Gasteiger partial charge in [0.15, 0.2) is 0 Å². The van der Waals surface area contributed by atoms with Gasteiger partial charge in [-0.3, -0.25) is 0 Å². The van der Waals surface area contributed by atoms with Gasteiger partial charge in [-0.05, 0) is 13.0 Å². The molecule has 0 spiro atoms. The SMILES string of the molecule is C=C/C=C\C=C(/C)N=N. The molecule has 0 saturated carbocycles. The summed E-state index contributed by atoms with van der Waals surface area (Å²) < 4.78 is 0. The number of hydrogen-bond acceptors (Lipinski definition) is 2. The minimum atomic E-state index is 0.688. The fraction of sp³-hybridized carbons (Fsp3) is 0.143. The maximum Gasteiger partial charge on any atom is 0.0592 e. The van der Waals surface area contributed by atoms with Crippen LogP contribution in [0.4, 0.5) is 0 Å². The molecule has 0 bridgehead atoms. The predicted octanol–water partition coefficient (Wildman–Crippen LogP) is 2.66. The Hall–Kier alpha value is -1.18. The van der Waals surface area contributed by atoms with Gasteiger partial charge in [-0.2, -0.15) is 5.11 Å². The van der Waals surface area contributed by atoms with Crippen molar-refractivity contribution in [2.75, 3.05) is 0 Å². The van der Waals surface area contributed by atoms with Crippen LogP contribution >= 0.6 is 0 Å². The van der Waals surface area contributed by atoms with Crippen molar-refractivity contribution in [2.24, 2.45) is 5.11 Å². The van der Waals surface area contributed by atoms with E-state index in [0.29, 0.717) is 5.70 Å². The summed E-state index contributed by atoms with van der Waals surface area (Å²) in [5.41, 5.74) is 7.23. The second-order valence-corrected chi connectivity index (χ2v) is 1.54. The zero-order valence-corrected chi connectivity index (χ0v) is 5.46. The van der Waals surface area contributed by atoms with Crippen LogP contribution in [-0.2, 0) is 0 Å². The monoisotopic (exact) mass is 122 g/mol. The van der Waals surface area contributed by atoms with E-state index in [1.54, 1.807) is 31.2 Å². The van der Waals surface area contributed by atoms with Crippen LogP contribution in [0.25, 0.3) is 0 Å². The Morgan fingerprint density at radius 2 is 2.22 bits per heavy atom. The number of nitrogens with one attached hydrogen (secondary N) is 1. The van der Waals surface area contributed by atoms with Crippen molar-refractivity contribution in [1.29, 1.82) is 5.53 Å². The zero-order valence-electron chi connectivity index (χ0n) is 5.46. The maximum atomic E-state index is 6.54. The summed E-state index contributed by atoms with van der Waals surface area (Å²) >= 11 is 0. The summed E-state index contributed by atoms with van der Waals surface area (Å²) in [5.74, 6) is 0. The van der Waals surface area contributed by atoms with E-state index in [-0.39, 0.29) is 0 Å². The highest BCUT2D eigenvalue weighted by Gasteiger charge is 1.73. The van der Waals surface area contributed by atoms with E-state index in [1.807, 2.05) is 0 Å². The molecule has 2 nitrogen and oxygen atoms in total. The largest absolute Gasteiger partial charge is 0.205 e. The first kappa shape index (κ1) is 7.82. The first-order chi connectivity index (χ1) is 4.31. The molecule has 0 amide bonds. The van der Waals surface area contributed by atoms with Crippen LogP contribution in [0.2, 0.25) is 0 Å². The van der Waals surface area contributed by atoms with Gasteiger partial charge < -0.3 is 0 Å². The van der Waals surface area contributed by atoms with Gasteiger partial charge in [-0.15, -0.1) is 0 Å². The van der Waals surface area contributed by atoms with Gasteiger partial charge in [0.2, 0.25) is 0 Å². The minimum absolute atomic E-state index is 0.688. The fourth-order valence-corrected chi connectivity index (χ4v) is 0.311. The zero-order chi connectivity index (χ0) is 7.11. The molecule has 0 aromatic rings. The first-order valence-electron chi connectivity index (χ1n) is 2.64. The Kier molecular flexibility index (Phi) is 4.32. The molecule has 0 unspecified atom stereocenters. The molecule has 0 aliphatic heterocycles. The lowest BCUT2D eigenvalue weighted by atomic mass is 10.4. The van der Waals surface area contributed by atoms with Gasteiger partial charge >= 0.3 is 0 Å². The van der Waals surface area contributed by atoms with E-state index in [4.69, 9.17) is 5.53 Å². The second kappa shape index (κ2) is 4.97. The lowest BCUT2D eigenvalue weighted by Crippen LogP contribution is -1.60. The Labute approximate surface area is 55.1 Å². The molecule has 0 atom stereocenters. The summed E-state index contributed by atoms with van der Waals surface area (Å²) in [5, 5.41) is 3.19. The van der Waals surface area contributed by atoms with Gasteiger partial charge in [-0.1, -0.05) is 24.8 Å². The van der Waals surface area contributed by atoms with Crippen LogP contribution in [0.1, 0.15) is 6.92 Å². The van der Waals surface area contributed by atoms with Crippen molar-refractivity contribution < 1.29 is 0 Å². The summed E-state index contributed by atoms with van der Waals surface area (Å²) in [4.78, 5) is 0. The molecule has 0 aromatic carbocycles. The molecule has 0 aromatic heterocycles. The van der Waals surface area contributed by atoms with Gasteiger partial charge in [0, 0.05) is 0 Å². The Morgan fingerprint density at radius 3 is 2.67 bits per heavy atom. The number of allylic oxidation sites excluding steroid dienone is 5. The van der Waals surface area contributed by atoms with Crippen molar-refractivity contribution in [3.63, 3.8) is 0 Å². The van der Waals surface area contributed by atoms with Gasteiger partial charge in [0.05, 0.1) is 5.70 Å². The van der Waals surface area contributed by atoms with E-state index in [0.717, 1.165) is 0 Å². The second-order valence-electron chi connectivity index (χ2n) is 1.54. The van der Waals surface area contributed by atoms with Crippen LogP contribution in [0.5, 0.6) is 0 Å². The molecule has 1 N–H and O–H groups in total. The van der Waals surface area contributed by atoms with Crippen LogP contribution < -0.4 is 0 Å². The highest BCUT2D eigenvalue weighted by molar-refractivity contribution is 5.12. The van der Waals surface area contributed by atoms with Crippen molar-refractivity contribution in [2.45, 2.75) is 6.92 Å². The molecule has 2 heteroatoms. The minimum Gasteiger partial charge on any atom is -0.205 e. The standard InChI is InChI=1S/C7H10N2/c1-3-4-5-6-7(2)9-8/h3-6,8H,1H2,2H3/b5-4-,7-6+,9-8?. The molecule has 0 fully saturated rings. The summed E-state index contributed by atoms with van der Waals surface area (Å²) in [7, 11) is 0. The molecule has 9 heavy (non-hydrogen) atoms. The van der Waals surface area contributed by atoms with Crippen LogP contribution in [0, 0.1) is 5.53 Å². The lowest BCUT2D eigenvalue weighted by molar-refractivity contribution is 1.06. The van der Waals surface area contributed by atoms with E-state index in [1.165, 1.54) is 0 Å². The van der Waals surface area contributed by atoms with Crippen LogP contribution in [-0.4, -0.2) is 0 Å². The van der Waals surface area contributed by atoms with Crippen molar-refractivity contribution in [3.8, 4) is 0 Å². The average Bonchev–Trinajstić information content (AvgIpc) is 1.89. The Balaban J connectivity index is 3.81. The van der Waals surface area contributed by atoms with E-state index >= 15 is 0 Å². The number of rotatable bonds is 3. The van der Waals surface area contributed by atoms with Gasteiger partial charge in [-0.25, -0.2) is 5.53 Å². The van der Waals surface area contributed by atoms with E-state index < -0.39 is 0 Å². The quantitative estimate of drug-likeness (QED) is 0.441. The van der Waals surface area contributed by atoms with Crippen LogP contribution in [0.15, 0.2) is 41.7 Å². The topological polar surface area (TPSA) is 36.2 Å². The first-order valence-corrected chi connectivity index (χ1v) is 2.64. The third kappa shape index (κ3) is 4.68. The summed E-state index contributed by atoms with van der Waals surface area (Å²) in [6, 6.07) is 0. The molecular formula is C7H10N2. The maximum absolute atomic E-state index is 6.54. The highest BCUT2D eigenvalue weighted by atomic mass is 15.0. The molecule has 0 radical (unpaired) electrons. The van der Waals surface area contributed by atoms with Gasteiger partial charge in [0.1, 0.15) is 0 Å². The smallest absolute Gasteiger partial charge is 0.0592 e. The Morgan fingerprint density at radius 1 is 1.56 bits per heavy atom. The molecule has 0 aliphatic rings. The van der Waals surface area contributed by atoms with E-state index in [2.05, 4.69) is 11.7 Å². The average molecular weight is 122 g/mol. The van der Waals surface area contributed by atoms with Crippen LogP contribution in [0.3, 0.4) is 0 Å². The third-order valence-electron chi connectivity index (χ3n) is 0.761. The van der Waals surface area contributed by atoms with Crippen molar-refractivity contribution in [1.82, 2.24) is 0 Å². The fourth-order valence-electron chi connectivity index (χ4n) is 0.311. The van der Waals surface area contributed by atoms with Crippen molar-refractivity contribution >= 4 is 0 Å². The van der Waals surface area contributed by atoms with Gasteiger partial charge in [0.25, 0.3) is 0 Å². The molecular weight excluding hydrogens is 112 g/mol. The molecule has 48 valence electrons. The predicted molar refractivity (Wildman–Crippen MR) is 38.2 cm³/mol. The molecule has 0 rings (SSSR count). The highest BCUT2D eigenvalue weighted by Crippen LogP contribution is 1.92. The van der Waals surface area contributed by atoms with E-state index in [9.17, 15) is 0 Å². The molecule has 0 heterocycles. The summed E-state index contributed by atoms with van der Waals surface area (Å²) in [6.07, 6.45) is 7.00. The number of nitrogens with zero attached hydrogens (tertiary/aromatic N) is 1. The third-order valence-corrected chi connectivity index (χ3v) is 0.761. The number of hydrogen-bond donors (Lipinski definition) is 1.